The molecule has 0 fully saturated rings. The molecule has 0 bridgehead atoms. The van der Waals surface area contributed by atoms with Gasteiger partial charge < -0.3 is 14.8 Å². The summed E-state index contributed by atoms with van der Waals surface area (Å²) in [7, 11) is 0. The van der Waals surface area contributed by atoms with Crippen molar-refractivity contribution in [3.63, 3.8) is 0 Å². The first-order chi connectivity index (χ1) is 12.7. The Morgan fingerprint density at radius 3 is 2.62 bits per heavy atom. The van der Waals surface area contributed by atoms with Gasteiger partial charge in [0.15, 0.2) is 6.61 Å². The van der Waals surface area contributed by atoms with Gasteiger partial charge in [0.2, 0.25) is 5.88 Å². The highest BCUT2D eigenvalue weighted by atomic mass is 32.1. The van der Waals surface area contributed by atoms with Crippen LogP contribution in [0.1, 0.15) is 17.8 Å². The van der Waals surface area contributed by atoms with Gasteiger partial charge in [-0.25, -0.2) is 9.97 Å². The summed E-state index contributed by atoms with van der Waals surface area (Å²) in [5.74, 6) is 1.79. The summed E-state index contributed by atoms with van der Waals surface area (Å²) in [5.41, 5.74) is 0. The Morgan fingerprint density at radius 1 is 1.12 bits per heavy atom. The van der Waals surface area contributed by atoms with E-state index in [1.165, 1.54) is 0 Å². The summed E-state index contributed by atoms with van der Waals surface area (Å²) in [6.07, 6.45) is 3.43. The van der Waals surface area contributed by atoms with Crippen molar-refractivity contribution in [3.05, 3.63) is 65.2 Å². The lowest BCUT2D eigenvalue weighted by molar-refractivity contribution is -0.123. The number of carbonyl (C=O) groups excluding carboxylic acids is 1. The third-order valence-electron chi connectivity index (χ3n) is 3.53. The van der Waals surface area contributed by atoms with Crippen LogP contribution in [0.4, 0.5) is 0 Å². The zero-order valence-electron chi connectivity index (χ0n) is 14.3. The number of carbonyl (C=O) groups is 1. The molecule has 0 spiro atoms. The van der Waals surface area contributed by atoms with Crippen molar-refractivity contribution in [2.75, 3.05) is 13.2 Å². The lowest BCUT2D eigenvalue weighted by atomic mass is 10.2. The number of thiazole rings is 1. The van der Waals surface area contributed by atoms with Crippen LogP contribution in [0.3, 0.4) is 0 Å². The van der Waals surface area contributed by atoms with Gasteiger partial charge in [-0.3, -0.25) is 4.79 Å². The fraction of sp³-hybridized carbons (Fsp3) is 0.211. The number of benzene rings is 1. The van der Waals surface area contributed by atoms with Crippen molar-refractivity contribution >= 4 is 17.2 Å². The maximum absolute atomic E-state index is 11.9. The Kier molecular flexibility index (Phi) is 6.16. The summed E-state index contributed by atoms with van der Waals surface area (Å²) < 4.78 is 11.1. The van der Waals surface area contributed by atoms with Crippen molar-refractivity contribution in [2.45, 2.75) is 12.8 Å². The lowest BCUT2D eigenvalue weighted by Gasteiger charge is -2.11. The zero-order valence-corrected chi connectivity index (χ0v) is 15.1. The zero-order chi connectivity index (χ0) is 18.2. The number of nitrogens with zero attached hydrogens (tertiary/aromatic N) is 2. The first kappa shape index (κ1) is 17.9. The van der Waals surface area contributed by atoms with E-state index in [1.54, 1.807) is 54.1 Å². The Bertz CT molecular complexity index is 808. The quantitative estimate of drug-likeness (QED) is 0.656. The van der Waals surface area contributed by atoms with E-state index in [4.69, 9.17) is 9.47 Å². The molecule has 0 aliphatic carbocycles. The standard InChI is InChI=1S/C19H19N3O3S/c1-14(19-21-10-11-26-19)12-22-17(23)13-24-15-5-7-16(8-6-15)25-18-4-2-3-9-20-18/h2-11,14H,12-13H2,1H3,(H,22,23)/t14-/m0/s1. The average Bonchev–Trinajstić information content (AvgIpc) is 3.21. The smallest absolute Gasteiger partial charge is 0.257 e. The predicted octanol–water partition coefficient (Wildman–Crippen LogP) is 3.63. The molecular formula is C19H19N3O3S. The summed E-state index contributed by atoms with van der Waals surface area (Å²) in [4.78, 5) is 20.3. The van der Waals surface area contributed by atoms with Crippen LogP contribution in [0.15, 0.2) is 60.2 Å². The van der Waals surface area contributed by atoms with Gasteiger partial charge >= 0.3 is 0 Å². The molecule has 0 aliphatic rings. The molecule has 1 atom stereocenters. The molecule has 3 aromatic rings. The second-order valence-corrected chi connectivity index (χ2v) is 6.53. The minimum absolute atomic E-state index is 0.0367. The third kappa shape index (κ3) is 5.29. The molecule has 7 heteroatoms. The number of ether oxygens (including phenoxy) is 2. The van der Waals surface area contributed by atoms with Crippen molar-refractivity contribution in [3.8, 4) is 17.4 Å². The van der Waals surface area contributed by atoms with Crippen LogP contribution in [0.2, 0.25) is 0 Å². The van der Waals surface area contributed by atoms with Gasteiger partial charge in [-0.1, -0.05) is 13.0 Å². The van der Waals surface area contributed by atoms with Gasteiger partial charge in [0.05, 0.1) is 5.01 Å². The Balaban J connectivity index is 1.42. The molecule has 0 saturated carbocycles. The van der Waals surface area contributed by atoms with E-state index >= 15 is 0 Å². The van der Waals surface area contributed by atoms with Gasteiger partial charge in [0.25, 0.3) is 5.91 Å². The Labute approximate surface area is 155 Å². The Morgan fingerprint density at radius 2 is 1.92 bits per heavy atom. The highest BCUT2D eigenvalue weighted by Crippen LogP contribution is 2.22. The molecule has 0 saturated heterocycles. The summed E-state index contributed by atoms with van der Waals surface area (Å²) in [6, 6.07) is 12.5. The van der Waals surface area contributed by atoms with Crippen LogP contribution in [0.25, 0.3) is 0 Å². The normalized spacial score (nSPS) is 11.6. The van der Waals surface area contributed by atoms with E-state index in [0.29, 0.717) is 23.9 Å². The van der Waals surface area contributed by atoms with E-state index in [-0.39, 0.29) is 18.4 Å². The monoisotopic (exact) mass is 369 g/mol. The number of aromatic nitrogens is 2. The second kappa shape index (κ2) is 8.96. The largest absolute Gasteiger partial charge is 0.484 e. The fourth-order valence-electron chi connectivity index (χ4n) is 2.16. The molecule has 3 rings (SSSR count). The van der Waals surface area contributed by atoms with Crippen LogP contribution < -0.4 is 14.8 Å². The summed E-state index contributed by atoms with van der Waals surface area (Å²) in [5, 5.41) is 5.79. The number of hydrogen-bond donors (Lipinski definition) is 1. The number of pyridine rings is 1. The first-order valence-electron chi connectivity index (χ1n) is 8.18. The molecule has 26 heavy (non-hydrogen) atoms. The van der Waals surface area contributed by atoms with Gasteiger partial charge in [0, 0.05) is 36.3 Å². The molecule has 1 amide bonds. The highest BCUT2D eigenvalue weighted by Gasteiger charge is 2.10. The van der Waals surface area contributed by atoms with Crippen molar-refractivity contribution in [1.82, 2.24) is 15.3 Å². The minimum atomic E-state index is -0.165. The third-order valence-corrected chi connectivity index (χ3v) is 4.54. The van der Waals surface area contributed by atoms with Gasteiger partial charge in [-0.05, 0) is 30.3 Å². The maximum Gasteiger partial charge on any atom is 0.257 e. The number of nitrogens with one attached hydrogen (secondary N) is 1. The van der Waals surface area contributed by atoms with Crippen molar-refractivity contribution < 1.29 is 14.3 Å². The van der Waals surface area contributed by atoms with E-state index in [9.17, 15) is 4.79 Å². The van der Waals surface area contributed by atoms with Crippen LogP contribution in [-0.4, -0.2) is 29.0 Å². The molecule has 1 N–H and O–H groups in total. The summed E-state index contributed by atoms with van der Waals surface area (Å²) in [6.45, 7) is 2.53. The molecule has 2 aromatic heterocycles. The van der Waals surface area contributed by atoms with Gasteiger partial charge in [0.1, 0.15) is 11.5 Å². The van der Waals surface area contributed by atoms with Gasteiger partial charge in [-0.2, -0.15) is 0 Å². The number of rotatable bonds is 8. The maximum atomic E-state index is 11.9. The number of hydrogen-bond acceptors (Lipinski definition) is 6. The van der Waals surface area contributed by atoms with Crippen molar-refractivity contribution in [2.24, 2.45) is 0 Å². The minimum Gasteiger partial charge on any atom is -0.484 e. The first-order valence-corrected chi connectivity index (χ1v) is 9.06. The SMILES string of the molecule is C[C@@H](CNC(=O)COc1ccc(Oc2ccccn2)cc1)c1nccs1. The van der Waals surface area contributed by atoms with Gasteiger partial charge in [-0.15, -0.1) is 11.3 Å². The summed E-state index contributed by atoms with van der Waals surface area (Å²) >= 11 is 1.58. The van der Waals surface area contributed by atoms with Crippen LogP contribution in [-0.2, 0) is 4.79 Å². The molecular weight excluding hydrogens is 350 g/mol. The highest BCUT2D eigenvalue weighted by molar-refractivity contribution is 7.09. The molecule has 134 valence electrons. The lowest BCUT2D eigenvalue weighted by Crippen LogP contribution is -2.31. The number of amides is 1. The fourth-order valence-corrected chi connectivity index (χ4v) is 2.86. The topological polar surface area (TPSA) is 73.3 Å². The average molecular weight is 369 g/mol. The molecule has 2 heterocycles. The van der Waals surface area contributed by atoms with E-state index < -0.39 is 0 Å². The molecule has 0 radical (unpaired) electrons. The van der Waals surface area contributed by atoms with Crippen molar-refractivity contribution in [1.29, 1.82) is 0 Å². The van der Waals surface area contributed by atoms with E-state index in [2.05, 4.69) is 15.3 Å². The second-order valence-electron chi connectivity index (χ2n) is 5.61. The van der Waals surface area contributed by atoms with Crippen LogP contribution in [0.5, 0.6) is 17.4 Å². The van der Waals surface area contributed by atoms with E-state index in [1.807, 2.05) is 24.4 Å². The van der Waals surface area contributed by atoms with Crippen LogP contribution >= 0.6 is 11.3 Å². The molecule has 0 aliphatic heterocycles. The molecule has 0 unspecified atom stereocenters. The molecule has 1 aromatic carbocycles. The van der Waals surface area contributed by atoms with Crippen LogP contribution in [0, 0.1) is 0 Å². The van der Waals surface area contributed by atoms with E-state index in [0.717, 1.165) is 5.01 Å². The Hall–Kier alpha value is -2.93. The molecule has 6 nitrogen and oxygen atoms in total. The predicted molar refractivity (Wildman–Crippen MR) is 99.8 cm³/mol.